The van der Waals surface area contributed by atoms with Crippen LogP contribution in [0.4, 0.5) is 0 Å². The predicted molar refractivity (Wildman–Crippen MR) is 212 cm³/mol. The Labute approximate surface area is 336 Å². The molecule has 56 heavy (non-hydrogen) atoms. The van der Waals surface area contributed by atoms with E-state index in [9.17, 15) is 30.3 Å². The molecule has 0 amide bonds. The van der Waals surface area contributed by atoms with Crippen molar-refractivity contribution in [1.29, 1.82) is 0 Å². The molecule has 0 saturated carbocycles. The first-order chi connectivity index (χ1) is 25.9. The molecular formula is C41H79N3O12. The molecule has 0 aromatic heterocycles. The number of carbonyl (C=O) groups excluding carboxylic acids is 1. The quantitative estimate of drug-likeness (QED) is 0.105. The number of carbonyl (C=O) groups is 1. The lowest BCUT2D eigenvalue weighted by Gasteiger charge is -2.53. The number of hydrogen-bond donors (Lipinski definition) is 7. The number of esters is 1. The summed E-state index contributed by atoms with van der Waals surface area (Å²) in [6, 6.07) is -0.875. The maximum atomic E-state index is 14.5. The van der Waals surface area contributed by atoms with E-state index in [1.807, 2.05) is 53.6 Å². The first kappa shape index (κ1) is 49.3. The minimum Gasteiger partial charge on any atom is -0.457 e. The van der Waals surface area contributed by atoms with Crippen molar-refractivity contribution >= 4 is 5.97 Å². The molecular weight excluding hydrogens is 726 g/mol. The molecule has 15 nitrogen and oxygen atoms in total. The third kappa shape index (κ3) is 11.0. The number of likely N-dealkylation sites (N-methyl/N-ethyl adjacent to an activating group) is 1. The van der Waals surface area contributed by atoms with Gasteiger partial charge in [-0.15, -0.1) is 0 Å². The Morgan fingerprint density at radius 2 is 1.70 bits per heavy atom. The van der Waals surface area contributed by atoms with Crippen molar-refractivity contribution in [2.24, 2.45) is 17.8 Å². The zero-order valence-electron chi connectivity index (χ0n) is 36.8. The van der Waals surface area contributed by atoms with Gasteiger partial charge in [-0.2, -0.15) is 0 Å². The van der Waals surface area contributed by atoms with E-state index >= 15 is 0 Å². The molecule has 0 spiro atoms. The summed E-state index contributed by atoms with van der Waals surface area (Å²) in [5.41, 5.74) is -5.93. The Balaban J connectivity index is 2.16. The molecule has 3 heterocycles. The highest BCUT2D eigenvalue weighted by Crippen LogP contribution is 2.43. The molecule has 3 rings (SSSR count). The Morgan fingerprint density at radius 3 is 2.27 bits per heavy atom. The van der Waals surface area contributed by atoms with Crippen LogP contribution in [0.15, 0.2) is 0 Å². The minimum absolute atomic E-state index is 0.0928. The number of nitrogens with one attached hydrogen (secondary N) is 2. The maximum absolute atomic E-state index is 14.5. The highest BCUT2D eigenvalue weighted by molar-refractivity contribution is 5.73. The standard InChI is InChI=1S/C41H79N3O12/c1-15-17-42-22-41(50)28(8)53-31(20-39(41,10)51-14)54-33-25(5)34(56-37-32(46)29(44(12)13)18-24(4)52-37)38(9,48)19-23(3)21-43-27(7)35(55-36(47)26(33)6)40(11,49)30(45)16-2/h23-35,37,42-43,45-46,48-50H,15-22H2,1-14H3/t23-,24-,25+,26-,27-,28+,29+,30-,31?,32-,33+,34-,35?,37+,38?,39-,40-,41+/m1/s1. The van der Waals surface area contributed by atoms with E-state index in [4.69, 9.17) is 28.4 Å². The van der Waals surface area contributed by atoms with Crippen LogP contribution in [0.25, 0.3) is 0 Å². The molecule has 3 saturated heterocycles. The Bertz CT molecular complexity index is 1230. The number of methoxy groups -OCH3 is 1. The maximum Gasteiger partial charge on any atom is 0.311 e. The summed E-state index contributed by atoms with van der Waals surface area (Å²) in [5.74, 6) is -2.67. The zero-order chi connectivity index (χ0) is 42.6. The van der Waals surface area contributed by atoms with E-state index in [0.717, 1.165) is 6.42 Å². The Morgan fingerprint density at radius 1 is 1.05 bits per heavy atom. The molecule has 0 aliphatic carbocycles. The molecule has 7 N–H and O–H groups in total. The van der Waals surface area contributed by atoms with Crippen molar-refractivity contribution < 1.29 is 58.7 Å². The lowest BCUT2D eigenvalue weighted by atomic mass is 9.75. The van der Waals surface area contributed by atoms with Gasteiger partial charge in [-0.05, 0) is 107 Å². The molecule has 0 aromatic rings. The summed E-state index contributed by atoms with van der Waals surface area (Å²) in [6.07, 6.45) is -6.62. The molecule has 0 aromatic carbocycles. The van der Waals surface area contributed by atoms with Crippen LogP contribution in [0.1, 0.15) is 108 Å². The minimum atomic E-state index is -1.81. The monoisotopic (exact) mass is 806 g/mol. The van der Waals surface area contributed by atoms with Crippen molar-refractivity contribution in [1.82, 2.24) is 15.5 Å². The first-order valence-electron chi connectivity index (χ1n) is 20.9. The van der Waals surface area contributed by atoms with Crippen LogP contribution in [0, 0.1) is 17.8 Å². The van der Waals surface area contributed by atoms with E-state index < -0.39 is 95.5 Å². The van der Waals surface area contributed by atoms with Crippen molar-refractivity contribution in [3.8, 4) is 0 Å². The average molecular weight is 806 g/mol. The topological polar surface area (TPSA) is 201 Å². The number of aliphatic hydroxyl groups is 5. The van der Waals surface area contributed by atoms with Gasteiger partial charge in [0, 0.05) is 38.1 Å². The van der Waals surface area contributed by atoms with Crippen LogP contribution in [0.5, 0.6) is 0 Å². The van der Waals surface area contributed by atoms with Crippen molar-refractivity contribution in [2.45, 2.75) is 198 Å². The fourth-order valence-corrected chi connectivity index (χ4v) is 9.21. The molecule has 3 aliphatic rings. The van der Waals surface area contributed by atoms with Gasteiger partial charge in [0.2, 0.25) is 0 Å². The van der Waals surface area contributed by atoms with Gasteiger partial charge in [0.1, 0.15) is 29.0 Å². The third-order valence-corrected chi connectivity index (χ3v) is 13.0. The molecule has 15 heteroatoms. The van der Waals surface area contributed by atoms with E-state index in [0.29, 0.717) is 19.5 Å². The number of rotatable bonds is 13. The molecule has 0 radical (unpaired) electrons. The second-order valence-corrected chi connectivity index (χ2v) is 18.2. The average Bonchev–Trinajstić information content (AvgIpc) is 3.12. The second-order valence-electron chi connectivity index (χ2n) is 18.2. The Kier molecular flexibility index (Phi) is 17.6. The number of hydrogen-bond acceptors (Lipinski definition) is 15. The predicted octanol–water partition coefficient (Wildman–Crippen LogP) is 1.93. The van der Waals surface area contributed by atoms with Crippen molar-refractivity contribution in [3.63, 3.8) is 0 Å². The van der Waals surface area contributed by atoms with Crippen molar-refractivity contribution in [2.75, 3.05) is 40.8 Å². The molecule has 330 valence electrons. The van der Waals surface area contributed by atoms with Gasteiger partial charge in [-0.3, -0.25) is 4.79 Å². The van der Waals surface area contributed by atoms with Crippen LogP contribution < -0.4 is 10.6 Å². The van der Waals surface area contributed by atoms with Crippen molar-refractivity contribution in [3.05, 3.63) is 0 Å². The lowest BCUT2D eigenvalue weighted by molar-refractivity contribution is -0.336. The SMILES string of the molecule is CCCNC[C@]1(O)[C@H](C)OC(O[C@H]2[C@H](C)[C@@H](O[C@@H]3O[C@H](C)C[C@H](N(C)C)[C@H]3O)C(C)(O)C[C@@H](C)CN[C@H](C)C([C@](C)(O)[C@H](O)CC)OC(=O)[C@@H]2C)C[C@@]1(C)OC. The van der Waals surface area contributed by atoms with Gasteiger partial charge in [-0.25, -0.2) is 0 Å². The summed E-state index contributed by atoms with van der Waals surface area (Å²) in [7, 11) is 5.31. The Hall–Kier alpha value is -1.05. The van der Waals surface area contributed by atoms with Crippen LogP contribution >= 0.6 is 0 Å². The smallest absolute Gasteiger partial charge is 0.311 e. The zero-order valence-corrected chi connectivity index (χ0v) is 36.8. The van der Waals surface area contributed by atoms with Gasteiger partial charge in [0.25, 0.3) is 0 Å². The second kappa shape index (κ2) is 20.0. The molecule has 3 unspecified atom stereocenters. The van der Waals surface area contributed by atoms with Crippen LogP contribution in [-0.2, 0) is 33.2 Å². The first-order valence-corrected chi connectivity index (χ1v) is 20.9. The highest BCUT2D eigenvalue weighted by atomic mass is 16.7. The number of nitrogens with zero attached hydrogens (tertiary/aromatic N) is 1. The van der Waals surface area contributed by atoms with Gasteiger partial charge in [0.05, 0.1) is 42.0 Å². The fourth-order valence-electron chi connectivity index (χ4n) is 9.21. The largest absolute Gasteiger partial charge is 0.457 e. The molecule has 18 atom stereocenters. The summed E-state index contributed by atoms with van der Waals surface area (Å²) in [4.78, 5) is 16.4. The number of cyclic esters (lactones) is 1. The molecule has 3 aliphatic heterocycles. The van der Waals surface area contributed by atoms with E-state index in [1.165, 1.54) is 14.0 Å². The fraction of sp³-hybridized carbons (Fsp3) is 0.976. The van der Waals surface area contributed by atoms with Crippen LogP contribution in [0.2, 0.25) is 0 Å². The van der Waals surface area contributed by atoms with E-state index in [1.54, 1.807) is 34.6 Å². The normalized spacial score (nSPS) is 45.2. The van der Waals surface area contributed by atoms with Crippen LogP contribution in [-0.4, -0.2) is 167 Å². The van der Waals surface area contributed by atoms with E-state index in [2.05, 4.69) is 10.6 Å². The number of ether oxygens (including phenoxy) is 6. The molecule has 0 bridgehead atoms. The van der Waals surface area contributed by atoms with Gasteiger partial charge in [-0.1, -0.05) is 27.7 Å². The highest BCUT2D eigenvalue weighted by Gasteiger charge is 2.58. The third-order valence-electron chi connectivity index (χ3n) is 13.0. The summed E-state index contributed by atoms with van der Waals surface area (Å²) < 4.78 is 38.4. The van der Waals surface area contributed by atoms with Gasteiger partial charge in [0.15, 0.2) is 12.6 Å². The van der Waals surface area contributed by atoms with Gasteiger partial charge < -0.3 is 69.5 Å². The lowest BCUT2D eigenvalue weighted by Crippen LogP contribution is -2.70. The van der Waals surface area contributed by atoms with Gasteiger partial charge >= 0.3 is 5.97 Å². The summed E-state index contributed by atoms with van der Waals surface area (Å²) >= 11 is 0. The molecule has 3 fully saturated rings. The summed E-state index contributed by atoms with van der Waals surface area (Å²) in [6.45, 7) is 20.9. The van der Waals surface area contributed by atoms with Crippen LogP contribution in [0.3, 0.4) is 0 Å². The summed E-state index contributed by atoms with van der Waals surface area (Å²) in [5, 5.41) is 65.4. The van der Waals surface area contributed by atoms with E-state index in [-0.39, 0.29) is 43.9 Å². The number of aliphatic hydroxyl groups excluding tert-OH is 2.